The van der Waals surface area contributed by atoms with E-state index in [4.69, 9.17) is 9.84 Å². The second-order valence-corrected chi connectivity index (χ2v) is 7.14. The molecule has 28 heavy (non-hydrogen) atoms. The molecule has 144 valence electrons. The minimum Gasteiger partial charge on any atom is -0.496 e. The number of carboxylic acids is 1. The quantitative estimate of drug-likeness (QED) is 0.761. The van der Waals surface area contributed by atoms with Crippen LogP contribution in [0.4, 0.5) is 5.69 Å². The molecule has 1 amide bonds. The summed E-state index contributed by atoms with van der Waals surface area (Å²) in [7, 11) is 1.63. The predicted molar refractivity (Wildman–Crippen MR) is 111 cm³/mol. The summed E-state index contributed by atoms with van der Waals surface area (Å²) in [6.45, 7) is 4.34. The highest BCUT2D eigenvalue weighted by Crippen LogP contribution is 2.34. The fourth-order valence-corrected chi connectivity index (χ4v) is 3.86. The fourth-order valence-electron chi connectivity index (χ4n) is 2.80. The summed E-state index contributed by atoms with van der Waals surface area (Å²) in [5.41, 5.74) is 2.70. The Kier molecular flexibility index (Phi) is 5.84. The van der Waals surface area contributed by atoms with E-state index in [1.54, 1.807) is 24.1 Å². The molecule has 0 bridgehead atoms. The number of aliphatic imine (C=N–C) groups is 1. The molecule has 1 heterocycles. The van der Waals surface area contributed by atoms with Gasteiger partial charge in [0, 0.05) is 6.54 Å². The van der Waals surface area contributed by atoms with Crippen molar-refractivity contribution in [3.05, 3.63) is 64.1 Å². The van der Waals surface area contributed by atoms with Gasteiger partial charge in [-0.05, 0) is 79.2 Å². The number of rotatable bonds is 5. The molecule has 1 saturated heterocycles. The summed E-state index contributed by atoms with van der Waals surface area (Å²) in [5, 5.41) is 9.57. The number of aromatic carboxylic acids is 1. The highest BCUT2D eigenvalue weighted by Gasteiger charge is 2.32. The van der Waals surface area contributed by atoms with Crippen molar-refractivity contribution >= 4 is 40.6 Å². The van der Waals surface area contributed by atoms with Gasteiger partial charge in [0.2, 0.25) is 0 Å². The second-order valence-electron chi connectivity index (χ2n) is 6.14. The van der Waals surface area contributed by atoms with Crippen molar-refractivity contribution in [3.8, 4) is 5.75 Å². The number of amidine groups is 1. The van der Waals surface area contributed by atoms with Gasteiger partial charge >= 0.3 is 5.97 Å². The van der Waals surface area contributed by atoms with Crippen LogP contribution in [0.5, 0.6) is 5.75 Å². The first-order valence-electron chi connectivity index (χ1n) is 8.71. The van der Waals surface area contributed by atoms with E-state index in [0.717, 1.165) is 16.9 Å². The summed E-state index contributed by atoms with van der Waals surface area (Å²) in [6, 6.07) is 12.0. The second kappa shape index (κ2) is 8.31. The van der Waals surface area contributed by atoms with E-state index < -0.39 is 5.97 Å². The lowest BCUT2D eigenvalue weighted by atomic mass is 10.1. The molecule has 0 unspecified atom stereocenters. The standard InChI is InChI=1S/C21H20N2O4S/c1-4-23-19(24)18(12-14-5-10-17(27-3)13(2)11-14)28-21(23)22-16-8-6-15(7-9-16)20(25)26/h5-12H,4H2,1-3H3,(H,25,26). The lowest BCUT2D eigenvalue weighted by Gasteiger charge is -2.12. The molecular formula is C21H20N2O4S. The number of thioether (sulfide) groups is 1. The van der Waals surface area contributed by atoms with Gasteiger partial charge < -0.3 is 9.84 Å². The molecule has 3 rings (SSSR count). The number of aryl methyl sites for hydroxylation is 1. The number of benzene rings is 2. The molecule has 0 saturated carbocycles. The maximum atomic E-state index is 12.7. The van der Waals surface area contributed by atoms with Crippen LogP contribution in [-0.2, 0) is 4.79 Å². The maximum Gasteiger partial charge on any atom is 0.335 e. The highest BCUT2D eigenvalue weighted by molar-refractivity contribution is 8.18. The fraction of sp³-hybridized carbons (Fsp3) is 0.190. The van der Waals surface area contributed by atoms with Crippen LogP contribution >= 0.6 is 11.8 Å². The van der Waals surface area contributed by atoms with Crippen molar-refractivity contribution in [1.82, 2.24) is 4.90 Å². The van der Waals surface area contributed by atoms with Gasteiger partial charge in [-0.25, -0.2) is 9.79 Å². The van der Waals surface area contributed by atoms with Crippen molar-refractivity contribution in [3.63, 3.8) is 0 Å². The van der Waals surface area contributed by atoms with Gasteiger partial charge in [0.15, 0.2) is 5.17 Å². The Morgan fingerprint density at radius 1 is 1.25 bits per heavy atom. The first-order valence-corrected chi connectivity index (χ1v) is 9.52. The Morgan fingerprint density at radius 3 is 2.54 bits per heavy atom. The average molecular weight is 396 g/mol. The van der Waals surface area contributed by atoms with Crippen LogP contribution in [0, 0.1) is 6.92 Å². The molecule has 0 atom stereocenters. The van der Waals surface area contributed by atoms with Gasteiger partial charge in [0.05, 0.1) is 23.3 Å². The zero-order valence-electron chi connectivity index (χ0n) is 15.8. The lowest BCUT2D eigenvalue weighted by molar-refractivity contribution is -0.122. The number of ether oxygens (including phenoxy) is 1. The van der Waals surface area contributed by atoms with Gasteiger partial charge in [-0.3, -0.25) is 9.69 Å². The number of nitrogens with zero attached hydrogens (tertiary/aromatic N) is 2. The Labute approximate surface area is 167 Å². The third-order valence-corrected chi connectivity index (χ3v) is 5.27. The Morgan fingerprint density at radius 2 is 1.96 bits per heavy atom. The highest BCUT2D eigenvalue weighted by atomic mass is 32.2. The van der Waals surface area contributed by atoms with E-state index in [1.165, 1.54) is 23.9 Å². The summed E-state index contributed by atoms with van der Waals surface area (Å²) in [5.74, 6) is -0.281. The molecule has 0 spiro atoms. The van der Waals surface area contributed by atoms with Crippen molar-refractivity contribution < 1.29 is 19.4 Å². The molecule has 6 nitrogen and oxygen atoms in total. The molecule has 2 aromatic rings. The van der Waals surface area contributed by atoms with E-state index in [-0.39, 0.29) is 11.5 Å². The molecule has 0 aliphatic carbocycles. The number of hydrogen-bond acceptors (Lipinski definition) is 5. The molecule has 0 aromatic heterocycles. The summed E-state index contributed by atoms with van der Waals surface area (Å²) in [4.78, 5) is 30.4. The van der Waals surface area contributed by atoms with Crippen molar-refractivity contribution in [2.45, 2.75) is 13.8 Å². The van der Waals surface area contributed by atoms with Crippen LogP contribution in [0.1, 0.15) is 28.4 Å². The molecule has 1 aliphatic rings. The van der Waals surface area contributed by atoms with Gasteiger partial charge in [-0.15, -0.1) is 0 Å². The number of carboxylic acid groups (broad SMARTS) is 1. The van der Waals surface area contributed by atoms with Crippen LogP contribution in [-0.4, -0.2) is 40.7 Å². The summed E-state index contributed by atoms with van der Waals surface area (Å²) >= 11 is 1.31. The zero-order valence-corrected chi connectivity index (χ0v) is 16.6. The van der Waals surface area contributed by atoms with E-state index >= 15 is 0 Å². The van der Waals surface area contributed by atoms with Crippen LogP contribution in [0.2, 0.25) is 0 Å². The minimum atomic E-state index is -0.986. The van der Waals surface area contributed by atoms with Crippen molar-refractivity contribution in [2.24, 2.45) is 4.99 Å². The topological polar surface area (TPSA) is 79.2 Å². The van der Waals surface area contributed by atoms with E-state index in [9.17, 15) is 9.59 Å². The van der Waals surface area contributed by atoms with E-state index in [2.05, 4.69) is 4.99 Å². The smallest absolute Gasteiger partial charge is 0.335 e. The number of hydrogen-bond donors (Lipinski definition) is 1. The SMILES string of the molecule is CCN1C(=O)C(=Cc2ccc(OC)c(C)c2)SC1=Nc1ccc(C(=O)O)cc1. The largest absolute Gasteiger partial charge is 0.496 e. The van der Waals surface area contributed by atoms with Crippen molar-refractivity contribution in [2.75, 3.05) is 13.7 Å². The van der Waals surface area contributed by atoms with Crippen LogP contribution in [0.15, 0.2) is 52.4 Å². The molecule has 7 heteroatoms. The monoisotopic (exact) mass is 396 g/mol. The number of carbonyl (C=O) groups is 2. The number of likely N-dealkylation sites (N-methyl/N-ethyl adjacent to an activating group) is 1. The van der Waals surface area contributed by atoms with Crippen LogP contribution in [0.25, 0.3) is 6.08 Å². The molecule has 0 radical (unpaired) electrons. The maximum absolute atomic E-state index is 12.7. The third kappa shape index (κ3) is 4.09. The summed E-state index contributed by atoms with van der Waals surface area (Å²) in [6.07, 6.45) is 1.85. The van der Waals surface area contributed by atoms with Gasteiger partial charge in [-0.2, -0.15) is 0 Å². The Bertz CT molecular complexity index is 980. The molecule has 1 N–H and O–H groups in total. The zero-order chi connectivity index (χ0) is 20.3. The first-order chi connectivity index (χ1) is 13.4. The Balaban J connectivity index is 1.89. The normalized spacial score (nSPS) is 16.8. The first kappa shape index (κ1) is 19.7. The van der Waals surface area contributed by atoms with Gasteiger partial charge in [0.1, 0.15) is 5.75 Å². The lowest BCUT2D eigenvalue weighted by Crippen LogP contribution is -2.28. The van der Waals surface area contributed by atoms with Crippen LogP contribution < -0.4 is 4.74 Å². The number of amides is 1. The molecule has 1 aliphatic heterocycles. The molecular weight excluding hydrogens is 376 g/mol. The third-order valence-electron chi connectivity index (χ3n) is 4.26. The predicted octanol–water partition coefficient (Wildman–Crippen LogP) is 4.33. The molecule has 2 aromatic carbocycles. The van der Waals surface area contributed by atoms with E-state index in [0.29, 0.717) is 22.3 Å². The van der Waals surface area contributed by atoms with E-state index in [1.807, 2.05) is 38.1 Å². The number of carbonyl (C=O) groups excluding carboxylic acids is 1. The Hall–Kier alpha value is -3.06. The summed E-state index contributed by atoms with van der Waals surface area (Å²) < 4.78 is 5.28. The molecule has 1 fully saturated rings. The van der Waals surface area contributed by atoms with Gasteiger partial charge in [0.25, 0.3) is 5.91 Å². The number of methoxy groups -OCH3 is 1. The van der Waals surface area contributed by atoms with Crippen LogP contribution in [0.3, 0.4) is 0 Å². The minimum absolute atomic E-state index is 0.0955. The van der Waals surface area contributed by atoms with Crippen molar-refractivity contribution in [1.29, 1.82) is 0 Å². The average Bonchev–Trinajstić information content (AvgIpc) is 2.96. The van der Waals surface area contributed by atoms with Gasteiger partial charge in [-0.1, -0.05) is 6.07 Å².